The molecule has 0 N–H and O–H groups in total. The molecule has 0 aromatic carbocycles. The van der Waals surface area contributed by atoms with Crippen LogP contribution in [0.5, 0.6) is 0 Å². The maximum atomic E-state index is 12.4. The highest BCUT2D eigenvalue weighted by Gasteiger charge is 2.25. The summed E-state index contributed by atoms with van der Waals surface area (Å²) < 4.78 is 5.33. The number of aromatic nitrogens is 1. The molecule has 1 amide bonds. The molecule has 1 saturated heterocycles. The van der Waals surface area contributed by atoms with E-state index in [0.29, 0.717) is 30.5 Å². The number of hydrogen-bond acceptors (Lipinski definition) is 3. The van der Waals surface area contributed by atoms with Crippen LogP contribution in [0.25, 0.3) is 0 Å². The molecule has 1 aliphatic heterocycles. The van der Waals surface area contributed by atoms with Crippen LogP contribution in [0, 0.1) is 0 Å². The van der Waals surface area contributed by atoms with Crippen LogP contribution in [0.4, 0.5) is 0 Å². The number of morpholine rings is 1. The van der Waals surface area contributed by atoms with E-state index in [1.807, 2.05) is 24.8 Å². The van der Waals surface area contributed by atoms with Gasteiger partial charge >= 0.3 is 0 Å². The molecular formula is C13H17ClN2O2. The quantitative estimate of drug-likeness (QED) is 0.772. The molecule has 0 bridgehead atoms. The molecule has 5 heteroatoms. The third-order valence-corrected chi connectivity index (χ3v) is 3.28. The second-order valence-electron chi connectivity index (χ2n) is 4.45. The fourth-order valence-electron chi connectivity index (χ4n) is 2.05. The van der Waals surface area contributed by atoms with E-state index >= 15 is 0 Å². The van der Waals surface area contributed by atoms with Gasteiger partial charge in [0.25, 0.3) is 5.91 Å². The predicted octanol–water partition coefficient (Wildman–Crippen LogP) is 2.16. The van der Waals surface area contributed by atoms with Crippen molar-refractivity contribution >= 4 is 17.5 Å². The lowest BCUT2D eigenvalue weighted by molar-refractivity contribution is 0.00358. The first-order valence-electron chi connectivity index (χ1n) is 6.17. The van der Waals surface area contributed by atoms with Crippen LogP contribution in [0.15, 0.2) is 12.1 Å². The zero-order valence-electron chi connectivity index (χ0n) is 10.6. The summed E-state index contributed by atoms with van der Waals surface area (Å²) in [5.41, 5.74) is 1.45. The molecule has 2 rings (SSSR count). The van der Waals surface area contributed by atoms with Crippen LogP contribution in [-0.4, -0.2) is 41.6 Å². The van der Waals surface area contributed by atoms with Crippen molar-refractivity contribution in [1.82, 2.24) is 9.88 Å². The van der Waals surface area contributed by atoms with Crippen LogP contribution in [0.2, 0.25) is 5.15 Å². The first-order chi connectivity index (χ1) is 8.61. The lowest BCUT2D eigenvalue weighted by Gasteiger charge is -2.33. The summed E-state index contributed by atoms with van der Waals surface area (Å²) in [6.07, 6.45) is 0.763. The third-order valence-electron chi connectivity index (χ3n) is 3.08. The van der Waals surface area contributed by atoms with Crippen molar-refractivity contribution < 1.29 is 9.53 Å². The Kier molecular flexibility index (Phi) is 4.19. The molecule has 1 aliphatic rings. The van der Waals surface area contributed by atoms with Gasteiger partial charge in [-0.15, -0.1) is 0 Å². The zero-order chi connectivity index (χ0) is 13.1. The minimum atomic E-state index is 0.00444. The van der Waals surface area contributed by atoms with Gasteiger partial charge in [-0.3, -0.25) is 4.79 Å². The number of nitrogens with zero attached hydrogens (tertiary/aromatic N) is 2. The van der Waals surface area contributed by atoms with E-state index in [9.17, 15) is 4.79 Å². The van der Waals surface area contributed by atoms with Crippen LogP contribution >= 0.6 is 11.6 Å². The Bertz CT molecular complexity index is 451. The number of hydrogen-bond donors (Lipinski definition) is 0. The van der Waals surface area contributed by atoms with Crippen molar-refractivity contribution in [2.75, 3.05) is 19.8 Å². The number of carbonyl (C=O) groups is 1. The average Bonchev–Trinajstić information content (AvgIpc) is 2.37. The van der Waals surface area contributed by atoms with E-state index in [1.165, 1.54) is 0 Å². The van der Waals surface area contributed by atoms with Gasteiger partial charge in [0, 0.05) is 17.8 Å². The lowest BCUT2D eigenvalue weighted by atomic mass is 10.1. The molecule has 1 aromatic rings. The molecular weight excluding hydrogens is 252 g/mol. The Labute approximate surface area is 112 Å². The van der Waals surface area contributed by atoms with Gasteiger partial charge in [0.15, 0.2) is 0 Å². The van der Waals surface area contributed by atoms with Gasteiger partial charge in [-0.2, -0.15) is 0 Å². The van der Waals surface area contributed by atoms with Gasteiger partial charge in [0.1, 0.15) is 5.15 Å². The Morgan fingerprint density at radius 3 is 3.06 bits per heavy atom. The second-order valence-corrected chi connectivity index (χ2v) is 4.83. The van der Waals surface area contributed by atoms with Crippen molar-refractivity contribution in [1.29, 1.82) is 0 Å². The molecule has 0 radical (unpaired) electrons. The molecule has 1 fully saturated rings. The van der Waals surface area contributed by atoms with Crippen LogP contribution in [0.3, 0.4) is 0 Å². The number of ether oxygens (including phenoxy) is 1. The lowest BCUT2D eigenvalue weighted by Crippen LogP contribution is -2.47. The Hall–Kier alpha value is -1.13. The predicted molar refractivity (Wildman–Crippen MR) is 69.9 cm³/mol. The van der Waals surface area contributed by atoms with Crippen molar-refractivity contribution in [3.63, 3.8) is 0 Å². The molecule has 1 unspecified atom stereocenters. The number of pyridine rings is 1. The molecule has 1 aromatic heterocycles. The normalized spacial score (nSPS) is 19.9. The van der Waals surface area contributed by atoms with E-state index in [1.54, 1.807) is 6.07 Å². The smallest absolute Gasteiger partial charge is 0.254 e. The Morgan fingerprint density at radius 1 is 1.61 bits per heavy atom. The van der Waals surface area contributed by atoms with E-state index in [2.05, 4.69) is 4.98 Å². The first-order valence-corrected chi connectivity index (χ1v) is 6.54. The molecule has 2 heterocycles. The fourth-order valence-corrected chi connectivity index (χ4v) is 2.28. The van der Waals surface area contributed by atoms with Gasteiger partial charge in [0.2, 0.25) is 0 Å². The Balaban J connectivity index is 2.24. The third kappa shape index (κ3) is 2.82. The highest BCUT2D eigenvalue weighted by molar-refractivity contribution is 6.29. The number of amides is 1. The molecule has 18 heavy (non-hydrogen) atoms. The summed E-state index contributed by atoms with van der Waals surface area (Å²) >= 11 is 5.94. The van der Waals surface area contributed by atoms with Crippen LogP contribution < -0.4 is 0 Å². The number of halogens is 1. The van der Waals surface area contributed by atoms with Gasteiger partial charge in [-0.25, -0.2) is 4.98 Å². The molecule has 4 nitrogen and oxygen atoms in total. The largest absolute Gasteiger partial charge is 0.377 e. The monoisotopic (exact) mass is 268 g/mol. The first kappa shape index (κ1) is 13.3. The second kappa shape index (κ2) is 5.67. The summed E-state index contributed by atoms with van der Waals surface area (Å²) in [4.78, 5) is 18.4. The van der Waals surface area contributed by atoms with Gasteiger partial charge in [-0.05, 0) is 25.5 Å². The minimum Gasteiger partial charge on any atom is -0.377 e. The van der Waals surface area contributed by atoms with E-state index < -0.39 is 0 Å². The molecule has 0 saturated carbocycles. The van der Waals surface area contributed by atoms with Gasteiger partial charge in [-0.1, -0.05) is 18.5 Å². The van der Waals surface area contributed by atoms with Crippen molar-refractivity contribution in [2.45, 2.75) is 26.3 Å². The SMILES string of the molecule is CCc1cc(C(=O)N2CCOCC2C)cc(Cl)n1. The highest BCUT2D eigenvalue weighted by Crippen LogP contribution is 2.16. The summed E-state index contributed by atoms with van der Waals surface area (Å²) in [5, 5.41) is 0.374. The van der Waals surface area contributed by atoms with Crippen LogP contribution in [-0.2, 0) is 11.2 Å². The summed E-state index contributed by atoms with van der Waals surface area (Å²) in [5.74, 6) is 0.00444. The van der Waals surface area contributed by atoms with Crippen LogP contribution in [0.1, 0.15) is 29.9 Å². The maximum Gasteiger partial charge on any atom is 0.254 e. The van der Waals surface area contributed by atoms with E-state index in [-0.39, 0.29) is 11.9 Å². The topological polar surface area (TPSA) is 42.4 Å². The standard InChI is InChI=1S/C13H17ClN2O2/c1-3-11-6-10(7-12(14)15-11)13(17)16-4-5-18-8-9(16)2/h6-7,9H,3-5,8H2,1-2H3. The summed E-state index contributed by atoms with van der Waals surface area (Å²) in [6.45, 7) is 5.78. The average molecular weight is 269 g/mol. The van der Waals surface area contributed by atoms with Gasteiger partial charge < -0.3 is 9.64 Å². The van der Waals surface area contributed by atoms with Gasteiger partial charge in [0.05, 0.1) is 19.3 Å². The van der Waals surface area contributed by atoms with Crippen molar-refractivity contribution in [2.24, 2.45) is 0 Å². The van der Waals surface area contributed by atoms with E-state index in [4.69, 9.17) is 16.3 Å². The molecule has 1 atom stereocenters. The minimum absolute atomic E-state index is 0.00444. The fraction of sp³-hybridized carbons (Fsp3) is 0.538. The summed E-state index contributed by atoms with van der Waals surface area (Å²) in [7, 11) is 0. The maximum absolute atomic E-state index is 12.4. The number of carbonyl (C=O) groups excluding carboxylic acids is 1. The molecule has 0 aliphatic carbocycles. The highest BCUT2D eigenvalue weighted by atomic mass is 35.5. The molecule has 0 spiro atoms. The van der Waals surface area contributed by atoms with E-state index in [0.717, 1.165) is 12.1 Å². The number of rotatable bonds is 2. The van der Waals surface area contributed by atoms with Crippen molar-refractivity contribution in [3.05, 3.63) is 28.5 Å². The summed E-state index contributed by atoms with van der Waals surface area (Å²) in [6, 6.07) is 3.55. The Morgan fingerprint density at radius 2 is 2.39 bits per heavy atom. The zero-order valence-corrected chi connectivity index (χ0v) is 11.4. The molecule has 98 valence electrons. The number of aryl methyl sites for hydroxylation is 1. The van der Waals surface area contributed by atoms with Crippen molar-refractivity contribution in [3.8, 4) is 0 Å².